The zero-order valence-electron chi connectivity index (χ0n) is 11.1. The summed E-state index contributed by atoms with van der Waals surface area (Å²) in [6, 6.07) is 1.72. The third kappa shape index (κ3) is 2.11. The van der Waals surface area contributed by atoms with Crippen molar-refractivity contribution in [3.63, 3.8) is 0 Å². The molecular weight excluding hydrogens is 258 g/mol. The lowest BCUT2D eigenvalue weighted by Gasteiger charge is -2.01. The van der Waals surface area contributed by atoms with Crippen LogP contribution < -0.4 is 5.32 Å². The van der Waals surface area contributed by atoms with Gasteiger partial charge in [0.15, 0.2) is 0 Å². The molecule has 1 amide bonds. The molecule has 3 heterocycles. The number of carbonyl (C=O) groups is 1. The molecule has 3 aromatic rings. The van der Waals surface area contributed by atoms with Crippen molar-refractivity contribution in [3.8, 4) is 0 Å². The third-order valence-electron chi connectivity index (χ3n) is 3.10. The first kappa shape index (κ1) is 12.3. The molecule has 1 N–H and O–H groups in total. The van der Waals surface area contributed by atoms with Crippen LogP contribution in [0.25, 0.3) is 5.78 Å². The summed E-state index contributed by atoms with van der Waals surface area (Å²) in [6.45, 7) is 2.34. The van der Waals surface area contributed by atoms with E-state index in [1.165, 1.54) is 4.52 Å². The molecule has 0 atom stereocenters. The number of fused-ring (bicyclic) bond motifs is 1. The van der Waals surface area contributed by atoms with Gasteiger partial charge < -0.3 is 5.32 Å². The lowest BCUT2D eigenvalue weighted by Crippen LogP contribution is -2.24. The molecule has 20 heavy (non-hydrogen) atoms. The van der Waals surface area contributed by atoms with E-state index in [1.807, 2.05) is 14.0 Å². The maximum atomic E-state index is 12.0. The first-order valence-corrected chi connectivity index (χ1v) is 6.08. The molecule has 0 aromatic carbocycles. The van der Waals surface area contributed by atoms with Crippen LogP contribution in [-0.2, 0) is 13.6 Å². The van der Waals surface area contributed by atoms with Gasteiger partial charge in [-0.3, -0.25) is 9.48 Å². The summed E-state index contributed by atoms with van der Waals surface area (Å²) in [7, 11) is 1.86. The topological polar surface area (TPSA) is 90.0 Å². The number of amides is 1. The van der Waals surface area contributed by atoms with Gasteiger partial charge in [0.05, 0.1) is 6.20 Å². The molecule has 0 spiro atoms. The number of rotatable bonds is 3. The number of nitrogens with zero attached hydrogens (tertiary/aromatic N) is 6. The van der Waals surface area contributed by atoms with Crippen LogP contribution in [0.4, 0.5) is 0 Å². The van der Waals surface area contributed by atoms with E-state index < -0.39 is 0 Å². The summed E-state index contributed by atoms with van der Waals surface area (Å²) in [5, 5.41) is 11.0. The van der Waals surface area contributed by atoms with E-state index in [1.54, 1.807) is 29.3 Å². The smallest absolute Gasteiger partial charge is 0.291 e. The van der Waals surface area contributed by atoms with E-state index in [-0.39, 0.29) is 11.7 Å². The van der Waals surface area contributed by atoms with Crippen LogP contribution in [0.15, 0.2) is 24.7 Å². The molecule has 0 aliphatic carbocycles. The normalized spacial score (nSPS) is 10.9. The zero-order valence-corrected chi connectivity index (χ0v) is 11.1. The van der Waals surface area contributed by atoms with Gasteiger partial charge in [-0.25, -0.2) is 9.50 Å². The quantitative estimate of drug-likeness (QED) is 0.729. The van der Waals surface area contributed by atoms with Gasteiger partial charge in [-0.1, -0.05) is 0 Å². The minimum atomic E-state index is -0.334. The van der Waals surface area contributed by atoms with Gasteiger partial charge in [0.1, 0.15) is 0 Å². The summed E-state index contributed by atoms with van der Waals surface area (Å²) in [6.07, 6.45) is 5.02. The van der Waals surface area contributed by atoms with Crippen molar-refractivity contribution in [1.29, 1.82) is 0 Å². The van der Waals surface area contributed by atoms with E-state index >= 15 is 0 Å². The second-order valence-electron chi connectivity index (χ2n) is 4.36. The maximum absolute atomic E-state index is 12.0. The molecule has 0 saturated heterocycles. The average Bonchev–Trinajstić information content (AvgIpc) is 3.02. The average molecular weight is 271 g/mol. The summed E-state index contributed by atoms with van der Waals surface area (Å²) in [5.74, 6) is 0.166. The monoisotopic (exact) mass is 271 g/mol. The fraction of sp³-hybridized carbons (Fsp3) is 0.250. The highest BCUT2D eigenvalue weighted by atomic mass is 16.2. The van der Waals surface area contributed by atoms with Crippen LogP contribution >= 0.6 is 0 Å². The van der Waals surface area contributed by atoms with Crippen molar-refractivity contribution in [3.05, 3.63) is 41.7 Å². The van der Waals surface area contributed by atoms with Crippen molar-refractivity contribution >= 4 is 11.7 Å². The van der Waals surface area contributed by atoms with E-state index in [2.05, 4.69) is 25.5 Å². The highest BCUT2D eigenvalue weighted by Crippen LogP contribution is 2.05. The molecule has 8 nitrogen and oxygen atoms in total. The molecule has 3 aromatic heterocycles. The Morgan fingerprint density at radius 3 is 3.00 bits per heavy atom. The Balaban J connectivity index is 1.74. The SMILES string of the molecule is Cc1c(CNC(=O)c2nc3ncccn3n2)cnn1C. The third-order valence-corrected chi connectivity index (χ3v) is 3.10. The number of nitrogens with one attached hydrogen (secondary N) is 1. The summed E-state index contributed by atoms with van der Waals surface area (Å²) in [4.78, 5) is 20.1. The Hall–Kier alpha value is -2.77. The van der Waals surface area contributed by atoms with Crippen LogP contribution in [0.2, 0.25) is 0 Å². The Morgan fingerprint density at radius 2 is 2.30 bits per heavy atom. The molecule has 0 unspecified atom stereocenters. The zero-order chi connectivity index (χ0) is 14.1. The van der Waals surface area contributed by atoms with E-state index in [0.29, 0.717) is 12.3 Å². The highest BCUT2D eigenvalue weighted by molar-refractivity contribution is 5.90. The second-order valence-corrected chi connectivity index (χ2v) is 4.36. The molecule has 0 radical (unpaired) electrons. The molecule has 0 bridgehead atoms. The molecule has 102 valence electrons. The first-order valence-electron chi connectivity index (χ1n) is 6.08. The number of hydrogen-bond donors (Lipinski definition) is 1. The Bertz CT molecular complexity index is 740. The number of hydrogen-bond acceptors (Lipinski definition) is 5. The van der Waals surface area contributed by atoms with Crippen molar-refractivity contribution in [2.45, 2.75) is 13.5 Å². The summed E-state index contributed by atoms with van der Waals surface area (Å²) >= 11 is 0. The molecule has 0 aliphatic heterocycles. The Morgan fingerprint density at radius 1 is 1.45 bits per heavy atom. The van der Waals surface area contributed by atoms with Gasteiger partial charge in [-0.05, 0) is 13.0 Å². The summed E-state index contributed by atoms with van der Waals surface area (Å²) < 4.78 is 3.22. The first-order chi connectivity index (χ1) is 9.65. The largest absolute Gasteiger partial charge is 0.345 e. The van der Waals surface area contributed by atoms with Crippen molar-refractivity contribution in [2.24, 2.45) is 7.05 Å². The summed E-state index contributed by atoms with van der Waals surface area (Å²) in [5.41, 5.74) is 1.97. The van der Waals surface area contributed by atoms with Gasteiger partial charge in [-0.15, -0.1) is 5.10 Å². The minimum absolute atomic E-state index is 0.102. The fourth-order valence-corrected chi connectivity index (χ4v) is 1.80. The van der Waals surface area contributed by atoms with Crippen LogP contribution in [0.5, 0.6) is 0 Å². The van der Waals surface area contributed by atoms with E-state index in [9.17, 15) is 4.79 Å². The van der Waals surface area contributed by atoms with Gasteiger partial charge in [-0.2, -0.15) is 10.1 Å². The van der Waals surface area contributed by atoms with E-state index in [0.717, 1.165) is 11.3 Å². The minimum Gasteiger partial charge on any atom is -0.345 e. The highest BCUT2D eigenvalue weighted by Gasteiger charge is 2.13. The van der Waals surface area contributed by atoms with Gasteiger partial charge in [0, 0.05) is 37.2 Å². The van der Waals surface area contributed by atoms with Crippen molar-refractivity contribution < 1.29 is 4.79 Å². The molecule has 0 fully saturated rings. The van der Waals surface area contributed by atoms with Crippen LogP contribution in [0.3, 0.4) is 0 Å². The Kier molecular flexibility index (Phi) is 2.90. The molecular formula is C12H13N7O. The van der Waals surface area contributed by atoms with Gasteiger partial charge >= 0.3 is 0 Å². The van der Waals surface area contributed by atoms with Crippen molar-refractivity contribution in [2.75, 3.05) is 0 Å². The predicted octanol–water partition coefficient (Wildman–Crippen LogP) is 0.0962. The Labute approximate surface area is 114 Å². The van der Waals surface area contributed by atoms with Gasteiger partial charge in [0.2, 0.25) is 5.82 Å². The van der Waals surface area contributed by atoms with Crippen LogP contribution in [0, 0.1) is 6.92 Å². The maximum Gasteiger partial charge on any atom is 0.291 e. The van der Waals surface area contributed by atoms with Crippen molar-refractivity contribution in [1.82, 2.24) is 34.7 Å². The lowest BCUT2D eigenvalue weighted by atomic mass is 10.2. The van der Waals surface area contributed by atoms with Gasteiger partial charge in [0.25, 0.3) is 11.7 Å². The second kappa shape index (κ2) is 4.72. The number of carbonyl (C=O) groups excluding carboxylic acids is 1. The van der Waals surface area contributed by atoms with E-state index in [4.69, 9.17) is 0 Å². The molecule has 8 heteroatoms. The molecule has 0 aliphatic rings. The van der Waals surface area contributed by atoms with Crippen LogP contribution in [0.1, 0.15) is 21.9 Å². The lowest BCUT2D eigenvalue weighted by molar-refractivity contribution is 0.0940. The number of aryl methyl sites for hydroxylation is 1. The predicted molar refractivity (Wildman–Crippen MR) is 69.9 cm³/mol. The molecule has 0 saturated carbocycles. The standard InChI is InChI=1S/C12H13N7O/c1-8-9(7-15-18(8)2)6-14-11(20)10-16-12-13-4-3-5-19(12)17-10/h3-5,7H,6H2,1-2H3,(H,14,20). The number of aromatic nitrogens is 6. The van der Waals surface area contributed by atoms with Crippen LogP contribution in [-0.4, -0.2) is 35.3 Å². The molecule has 3 rings (SSSR count). The fourth-order valence-electron chi connectivity index (χ4n) is 1.80.